The molecule has 0 spiro atoms. The first kappa shape index (κ1) is 50.3. The second kappa shape index (κ2) is 23.1. The van der Waals surface area contributed by atoms with Crippen molar-refractivity contribution in [1.82, 2.24) is 35.6 Å². The molecule has 17 heteroatoms. The first-order chi connectivity index (χ1) is 32.0. The van der Waals surface area contributed by atoms with Crippen molar-refractivity contribution in [1.29, 1.82) is 5.26 Å². The number of aliphatic hydroxyl groups is 1. The molecule has 354 valence electrons. The smallest absolute Gasteiger partial charge is 0.251 e. The highest BCUT2D eigenvalue weighted by Gasteiger charge is 2.44. The van der Waals surface area contributed by atoms with Gasteiger partial charge in [0.05, 0.1) is 57.7 Å². The molecule has 0 saturated carbocycles. The van der Waals surface area contributed by atoms with Crippen molar-refractivity contribution in [3.63, 3.8) is 0 Å². The Labute approximate surface area is 400 Å². The van der Waals surface area contributed by atoms with Crippen LogP contribution < -0.4 is 20.7 Å². The first-order valence-corrected chi connectivity index (χ1v) is 23.7. The van der Waals surface area contributed by atoms with Crippen LogP contribution in [0.2, 0.25) is 5.02 Å². The lowest BCUT2D eigenvalue weighted by molar-refractivity contribution is -0.144. The van der Waals surface area contributed by atoms with Gasteiger partial charge in [0.25, 0.3) is 5.91 Å². The Kier molecular flexibility index (Phi) is 17.3. The number of nitriles is 1. The van der Waals surface area contributed by atoms with Gasteiger partial charge in [-0.3, -0.25) is 23.9 Å². The molecule has 4 N–H and O–H groups in total. The van der Waals surface area contributed by atoms with Crippen molar-refractivity contribution in [2.45, 2.75) is 104 Å². The Morgan fingerprint density at radius 1 is 0.955 bits per heavy atom. The van der Waals surface area contributed by atoms with Crippen LogP contribution in [0.5, 0.6) is 5.75 Å². The third-order valence-electron chi connectivity index (χ3n) is 11.5. The van der Waals surface area contributed by atoms with Crippen molar-refractivity contribution in [3.05, 3.63) is 112 Å². The normalized spacial score (nSPS) is 16.1. The minimum absolute atomic E-state index is 0.0184. The molecule has 0 bridgehead atoms. The number of β-amino-alcohol motifs (C(OH)–C–C–N with tert-alkyl or cyclic N) is 1. The number of aliphatic hydroxyl groups excluding tert-OH is 1. The average Bonchev–Trinajstić information content (AvgIpc) is 4.06. The number of carbonyl (C=O) groups excluding carboxylic acids is 4. The third-order valence-corrected chi connectivity index (χ3v) is 12.8. The lowest BCUT2D eigenvalue weighted by atomic mass is 9.85. The average molecular weight is 952 g/mol. The van der Waals surface area contributed by atoms with Crippen LogP contribution in [0.4, 0.5) is 0 Å². The lowest BCUT2D eigenvalue weighted by Gasteiger charge is -2.35. The Bertz CT molecular complexity index is 2530. The Morgan fingerprint density at radius 3 is 2.34 bits per heavy atom. The summed E-state index contributed by atoms with van der Waals surface area (Å²) in [5, 5.41) is 33.6. The predicted molar refractivity (Wildman–Crippen MR) is 257 cm³/mol. The maximum atomic E-state index is 14.0. The van der Waals surface area contributed by atoms with Gasteiger partial charge in [0.15, 0.2) is 0 Å². The number of hydrogen-bond donors (Lipinski definition) is 4. The molecule has 0 aliphatic carbocycles. The number of aryl methyl sites for hydroxylation is 1. The SMILES string of the molecule is Cc1ncsc1-c1ccc([C@H](C)NC(=O)C2C[C@@H](O)CN2C(=O)[C@@H](NC(=O)COCCCCCOc2ccc(C(=O)N[C@@H](C)Cn3ccc(-c4ccc(C#N)c(Cl)c4)n3)cc2)C(C)(C)C)cc1. The van der Waals surface area contributed by atoms with E-state index in [2.05, 4.69) is 26.0 Å². The molecule has 3 aromatic carbocycles. The van der Waals surface area contributed by atoms with Crippen LogP contribution in [0.15, 0.2) is 84.5 Å². The maximum absolute atomic E-state index is 14.0. The number of unbranched alkanes of at least 4 members (excludes halogenated alkanes) is 2. The molecule has 1 aliphatic heterocycles. The maximum Gasteiger partial charge on any atom is 0.251 e. The van der Waals surface area contributed by atoms with E-state index in [-0.39, 0.29) is 43.5 Å². The summed E-state index contributed by atoms with van der Waals surface area (Å²) in [6.07, 6.45) is 3.27. The molecular weight excluding hydrogens is 892 g/mol. The number of halogens is 1. The Balaban J connectivity index is 0.870. The lowest BCUT2D eigenvalue weighted by Crippen LogP contribution is -2.58. The van der Waals surface area contributed by atoms with Crippen LogP contribution in [0, 0.1) is 23.7 Å². The van der Waals surface area contributed by atoms with Crippen molar-refractivity contribution in [2.75, 3.05) is 26.4 Å². The largest absolute Gasteiger partial charge is 0.494 e. The molecular formula is C50H59ClN8O7S. The number of thiazole rings is 1. The van der Waals surface area contributed by atoms with Crippen molar-refractivity contribution >= 4 is 46.6 Å². The number of ether oxygens (including phenoxy) is 2. The quantitative estimate of drug-likeness (QED) is 0.0576. The summed E-state index contributed by atoms with van der Waals surface area (Å²) in [5.74, 6) is -0.836. The van der Waals surface area contributed by atoms with Gasteiger partial charge in [-0.05, 0) is 99.0 Å². The number of carbonyl (C=O) groups is 4. The fourth-order valence-corrected chi connectivity index (χ4v) is 8.81. The molecule has 5 atom stereocenters. The monoisotopic (exact) mass is 950 g/mol. The van der Waals surface area contributed by atoms with Crippen LogP contribution in [0.25, 0.3) is 21.7 Å². The van der Waals surface area contributed by atoms with Crippen LogP contribution in [-0.2, 0) is 25.7 Å². The fraction of sp³-hybridized carbons (Fsp3) is 0.420. The number of aromatic nitrogens is 3. The van der Waals surface area contributed by atoms with Gasteiger partial charge in [-0.25, -0.2) is 4.98 Å². The zero-order valence-electron chi connectivity index (χ0n) is 38.8. The van der Waals surface area contributed by atoms with E-state index in [4.69, 9.17) is 26.3 Å². The Hall–Kier alpha value is -6.12. The summed E-state index contributed by atoms with van der Waals surface area (Å²) in [6.45, 7) is 12.3. The molecule has 4 amide bonds. The molecule has 67 heavy (non-hydrogen) atoms. The summed E-state index contributed by atoms with van der Waals surface area (Å²) >= 11 is 7.76. The van der Waals surface area contributed by atoms with E-state index in [1.54, 1.807) is 58.5 Å². The predicted octanol–water partition coefficient (Wildman–Crippen LogP) is 7.26. The summed E-state index contributed by atoms with van der Waals surface area (Å²) in [7, 11) is 0. The van der Waals surface area contributed by atoms with E-state index in [0.717, 1.165) is 40.1 Å². The highest BCUT2D eigenvalue weighted by atomic mass is 35.5. The molecule has 3 heterocycles. The van der Waals surface area contributed by atoms with E-state index in [1.165, 1.54) is 4.90 Å². The highest BCUT2D eigenvalue weighted by Crippen LogP contribution is 2.30. The van der Waals surface area contributed by atoms with Crippen LogP contribution in [0.3, 0.4) is 0 Å². The topological polar surface area (TPSA) is 201 Å². The molecule has 1 aliphatic rings. The van der Waals surface area contributed by atoms with Crippen LogP contribution in [-0.4, -0.2) is 99.0 Å². The van der Waals surface area contributed by atoms with Gasteiger partial charge >= 0.3 is 0 Å². The minimum Gasteiger partial charge on any atom is -0.494 e. The van der Waals surface area contributed by atoms with E-state index >= 15 is 0 Å². The van der Waals surface area contributed by atoms with Gasteiger partial charge in [-0.2, -0.15) is 10.4 Å². The molecule has 1 fully saturated rings. The van der Waals surface area contributed by atoms with E-state index in [1.807, 2.05) is 89.7 Å². The Morgan fingerprint density at radius 2 is 1.67 bits per heavy atom. The van der Waals surface area contributed by atoms with Crippen LogP contribution >= 0.6 is 22.9 Å². The number of rotatable bonds is 20. The van der Waals surface area contributed by atoms with Crippen LogP contribution in [0.1, 0.15) is 93.5 Å². The number of likely N-dealkylation sites (tertiary alicyclic amines) is 1. The zero-order valence-corrected chi connectivity index (χ0v) is 40.3. The first-order valence-electron chi connectivity index (χ1n) is 22.4. The third kappa shape index (κ3) is 13.7. The van der Waals surface area contributed by atoms with E-state index in [9.17, 15) is 24.3 Å². The molecule has 0 radical (unpaired) electrons. The number of hydrogen-bond acceptors (Lipinski definition) is 11. The van der Waals surface area contributed by atoms with E-state index < -0.39 is 35.4 Å². The van der Waals surface area contributed by atoms with Crippen molar-refractivity contribution in [2.24, 2.45) is 5.41 Å². The van der Waals surface area contributed by atoms with Crippen molar-refractivity contribution < 1.29 is 33.8 Å². The van der Waals surface area contributed by atoms with Gasteiger partial charge in [0.1, 0.15) is 30.5 Å². The molecule has 15 nitrogen and oxygen atoms in total. The number of benzene rings is 3. The number of nitrogens with zero attached hydrogens (tertiary/aromatic N) is 5. The van der Waals surface area contributed by atoms with Crippen molar-refractivity contribution in [3.8, 4) is 33.5 Å². The zero-order chi connectivity index (χ0) is 48.3. The second-order valence-corrected chi connectivity index (χ2v) is 19.2. The second-order valence-electron chi connectivity index (χ2n) is 18.0. The van der Waals surface area contributed by atoms with Gasteiger partial charge in [0, 0.05) is 42.9 Å². The summed E-state index contributed by atoms with van der Waals surface area (Å²) in [6, 6.07) is 21.5. The molecule has 1 unspecified atom stereocenters. The molecule has 2 aromatic heterocycles. The molecule has 5 aromatic rings. The van der Waals surface area contributed by atoms with Gasteiger partial charge in [-0.1, -0.05) is 62.7 Å². The van der Waals surface area contributed by atoms with Gasteiger partial charge < -0.3 is 35.4 Å². The summed E-state index contributed by atoms with van der Waals surface area (Å²) in [4.78, 5) is 60.5. The fourth-order valence-electron chi connectivity index (χ4n) is 7.77. The number of nitrogens with one attached hydrogen (secondary N) is 3. The minimum atomic E-state index is -0.959. The van der Waals surface area contributed by atoms with E-state index in [0.29, 0.717) is 53.8 Å². The van der Waals surface area contributed by atoms with Gasteiger partial charge in [0.2, 0.25) is 17.7 Å². The molecule has 1 saturated heterocycles. The molecule has 6 rings (SSSR count). The highest BCUT2D eigenvalue weighted by molar-refractivity contribution is 7.13. The number of amides is 4. The summed E-state index contributed by atoms with van der Waals surface area (Å²) < 4.78 is 13.3. The standard InChI is InChI=1S/C50H59ClN8O7S/c1-31(27-58-21-20-42(57-58)37-14-15-38(26-52)41(51)24-37)54-47(62)36-16-18-40(19-17-36)66-23-9-7-8-22-65-29-44(61)56-46(50(4,5)6)49(64)59-28-39(60)25-43(59)48(63)55-32(2)34-10-12-35(13-11-34)45-33(3)53-30-67-45/h10-21,24,30-32,39,43,46,60H,7-9,22-23,25,27-29H2,1-6H3,(H,54,62)(H,55,63)(H,56,61)/t31-,32-,39+,43?,46+/m0/s1. The summed E-state index contributed by atoms with van der Waals surface area (Å²) in [5.41, 5.74) is 6.43. The van der Waals surface area contributed by atoms with Gasteiger partial charge in [-0.15, -0.1) is 11.3 Å².